The maximum absolute atomic E-state index is 14.1. The SMILES string of the molecule is CCCc1nnc(NC(=O)c2c(C)nn(-c3ccc(F)cc3F)c2C)s1. The molecule has 3 aromatic rings. The van der Waals surface area contributed by atoms with Crippen LogP contribution >= 0.6 is 11.3 Å². The van der Waals surface area contributed by atoms with Gasteiger partial charge in [0.2, 0.25) is 5.13 Å². The Hall–Kier alpha value is -2.68. The molecule has 6 nitrogen and oxygen atoms in total. The predicted octanol–water partition coefficient (Wildman–Crippen LogP) is 3.82. The summed E-state index contributed by atoms with van der Waals surface area (Å²) in [6.45, 7) is 5.35. The van der Waals surface area contributed by atoms with Gasteiger partial charge in [-0.2, -0.15) is 5.10 Å². The van der Waals surface area contributed by atoms with Gasteiger partial charge < -0.3 is 0 Å². The van der Waals surface area contributed by atoms with Gasteiger partial charge in [-0.1, -0.05) is 18.3 Å². The first kappa shape index (κ1) is 18.1. The van der Waals surface area contributed by atoms with E-state index in [-0.39, 0.29) is 5.69 Å². The molecule has 0 spiro atoms. The number of nitrogens with one attached hydrogen (secondary N) is 1. The summed E-state index contributed by atoms with van der Waals surface area (Å²) < 4.78 is 28.5. The van der Waals surface area contributed by atoms with Crippen LogP contribution in [0.3, 0.4) is 0 Å². The molecule has 1 amide bonds. The van der Waals surface area contributed by atoms with Crippen LogP contribution in [-0.2, 0) is 6.42 Å². The quantitative estimate of drug-likeness (QED) is 0.734. The summed E-state index contributed by atoms with van der Waals surface area (Å²) >= 11 is 1.32. The topological polar surface area (TPSA) is 72.7 Å². The molecule has 0 bridgehead atoms. The molecule has 9 heteroatoms. The van der Waals surface area contributed by atoms with Crippen LogP contribution < -0.4 is 5.32 Å². The fraction of sp³-hybridized carbons (Fsp3) is 0.294. The summed E-state index contributed by atoms with van der Waals surface area (Å²) in [5.74, 6) is -1.83. The molecule has 0 fully saturated rings. The van der Waals surface area contributed by atoms with E-state index in [1.165, 1.54) is 22.1 Å². The highest BCUT2D eigenvalue weighted by Gasteiger charge is 2.22. The van der Waals surface area contributed by atoms with Crippen molar-refractivity contribution in [3.8, 4) is 5.69 Å². The molecule has 0 atom stereocenters. The molecule has 0 saturated carbocycles. The number of hydrogen-bond acceptors (Lipinski definition) is 5. The molecule has 1 N–H and O–H groups in total. The summed E-state index contributed by atoms with van der Waals surface area (Å²) in [7, 11) is 0. The number of aryl methyl sites for hydroxylation is 2. The molecule has 0 aliphatic carbocycles. The second-order valence-corrected chi connectivity index (χ2v) is 6.82. The van der Waals surface area contributed by atoms with Crippen molar-refractivity contribution in [2.24, 2.45) is 0 Å². The maximum atomic E-state index is 14.1. The van der Waals surface area contributed by atoms with Crippen LogP contribution in [-0.4, -0.2) is 25.9 Å². The van der Waals surface area contributed by atoms with Gasteiger partial charge in [-0.3, -0.25) is 10.1 Å². The monoisotopic (exact) mass is 377 g/mol. The number of benzene rings is 1. The number of carbonyl (C=O) groups excluding carboxylic acids is 1. The fourth-order valence-corrected chi connectivity index (χ4v) is 3.47. The lowest BCUT2D eigenvalue weighted by molar-refractivity contribution is 0.102. The fourth-order valence-electron chi connectivity index (χ4n) is 2.64. The minimum absolute atomic E-state index is 0.0761. The lowest BCUT2D eigenvalue weighted by atomic mass is 10.2. The first-order chi connectivity index (χ1) is 12.4. The van der Waals surface area contributed by atoms with Crippen molar-refractivity contribution in [2.45, 2.75) is 33.6 Å². The van der Waals surface area contributed by atoms with Gasteiger partial charge in [0.1, 0.15) is 16.5 Å². The first-order valence-corrected chi connectivity index (χ1v) is 8.87. The molecular weight excluding hydrogens is 360 g/mol. The van der Waals surface area contributed by atoms with Gasteiger partial charge in [0.05, 0.1) is 17.0 Å². The number of nitrogens with zero attached hydrogens (tertiary/aromatic N) is 4. The van der Waals surface area contributed by atoms with Gasteiger partial charge in [0.25, 0.3) is 5.91 Å². The van der Waals surface area contributed by atoms with Gasteiger partial charge in [-0.05, 0) is 32.4 Å². The Kier molecular flexibility index (Phi) is 5.08. The molecule has 136 valence electrons. The van der Waals surface area contributed by atoms with Crippen LogP contribution in [0, 0.1) is 25.5 Å². The van der Waals surface area contributed by atoms with Crippen LogP contribution in [0.1, 0.15) is 40.1 Å². The van der Waals surface area contributed by atoms with Gasteiger partial charge in [0.15, 0.2) is 5.82 Å². The van der Waals surface area contributed by atoms with Gasteiger partial charge in [0, 0.05) is 12.5 Å². The lowest BCUT2D eigenvalue weighted by Gasteiger charge is -2.06. The van der Waals surface area contributed by atoms with Gasteiger partial charge >= 0.3 is 0 Å². The Morgan fingerprint density at radius 1 is 1.27 bits per heavy atom. The molecule has 0 aliphatic rings. The highest BCUT2D eigenvalue weighted by molar-refractivity contribution is 7.15. The van der Waals surface area contributed by atoms with E-state index in [4.69, 9.17) is 0 Å². The summed E-state index contributed by atoms with van der Waals surface area (Å²) in [6.07, 6.45) is 1.74. The third-order valence-corrected chi connectivity index (χ3v) is 4.71. The lowest BCUT2D eigenvalue weighted by Crippen LogP contribution is -2.14. The van der Waals surface area contributed by atoms with Crippen molar-refractivity contribution in [2.75, 3.05) is 5.32 Å². The van der Waals surface area contributed by atoms with Crippen molar-refractivity contribution >= 4 is 22.4 Å². The Labute approximate surface area is 152 Å². The predicted molar refractivity (Wildman–Crippen MR) is 94.8 cm³/mol. The standard InChI is InChI=1S/C17H17F2N5OS/c1-4-5-14-21-22-17(26-14)20-16(25)15-9(2)23-24(10(15)3)13-7-6-11(18)8-12(13)19/h6-8H,4-5H2,1-3H3,(H,20,22,25). The second-order valence-electron chi connectivity index (χ2n) is 5.76. The third-order valence-electron chi connectivity index (χ3n) is 3.81. The second kappa shape index (κ2) is 7.28. The van der Waals surface area contributed by atoms with Crippen molar-refractivity contribution in [3.05, 3.63) is 51.8 Å². The Morgan fingerprint density at radius 2 is 2.04 bits per heavy atom. The number of carbonyl (C=O) groups is 1. The molecule has 0 unspecified atom stereocenters. The minimum atomic E-state index is -0.754. The van der Waals surface area contributed by atoms with Gasteiger partial charge in [-0.25, -0.2) is 13.5 Å². The molecule has 0 saturated heterocycles. The molecule has 2 heterocycles. The normalized spacial score (nSPS) is 11.0. The third kappa shape index (κ3) is 3.48. The van der Waals surface area contributed by atoms with E-state index in [2.05, 4.69) is 20.6 Å². The molecule has 0 radical (unpaired) electrons. The highest BCUT2D eigenvalue weighted by atomic mass is 32.1. The molecule has 2 aromatic heterocycles. The summed E-state index contributed by atoms with van der Waals surface area (Å²) in [5.41, 5.74) is 1.28. The Balaban J connectivity index is 1.90. The molecule has 0 aliphatic heterocycles. The summed E-state index contributed by atoms with van der Waals surface area (Å²) in [5, 5.41) is 16.2. The van der Waals surface area contributed by atoms with Crippen LogP contribution in [0.4, 0.5) is 13.9 Å². The Bertz CT molecular complexity index is 966. The molecule has 26 heavy (non-hydrogen) atoms. The van der Waals surface area contributed by atoms with E-state index in [0.29, 0.717) is 22.1 Å². The average Bonchev–Trinajstić information content (AvgIpc) is 3.12. The minimum Gasteiger partial charge on any atom is -0.296 e. The molecule has 3 rings (SSSR count). The molecule has 1 aromatic carbocycles. The number of rotatable bonds is 5. The van der Waals surface area contributed by atoms with E-state index < -0.39 is 17.5 Å². The van der Waals surface area contributed by atoms with Crippen LogP contribution in [0.15, 0.2) is 18.2 Å². The van der Waals surface area contributed by atoms with Crippen LogP contribution in [0.2, 0.25) is 0 Å². The van der Waals surface area contributed by atoms with E-state index in [9.17, 15) is 13.6 Å². The zero-order valence-electron chi connectivity index (χ0n) is 14.5. The summed E-state index contributed by atoms with van der Waals surface area (Å²) in [4.78, 5) is 12.6. The number of anilines is 1. The number of halogens is 2. The zero-order valence-corrected chi connectivity index (χ0v) is 15.3. The smallest absolute Gasteiger partial charge is 0.261 e. The summed E-state index contributed by atoms with van der Waals surface area (Å²) in [6, 6.07) is 3.21. The highest BCUT2D eigenvalue weighted by Crippen LogP contribution is 2.23. The number of amides is 1. The number of hydrogen-bond donors (Lipinski definition) is 1. The van der Waals surface area contributed by atoms with E-state index in [1.807, 2.05) is 6.92 Å². The molecular formula is C17H17F2N5OS. The van der Waals surface area contributed by atoms with Crippen LogP contribution in [0.5, 0.6) is 0 Å². The largest absolute Gasteiger partial charge is 0.296 e. The van der Waals surface area contributed by atoms with Crippen molar-refractivity contribution in [1.82, 2.24) is 20.0 Å². The number of aromatic nitrogens is 4. The maximum Gasteiger partial charge on any atom is 0.261 e. The van der Waals surface area contributed by atoms with Gasteiger partial charge in [-0.15, -0.1) is 10.2 Å². The zero-order chi connectivity index (χ0) is 18.8. The van der Waals surface area contributed by atoms with E-state index in [1.54, 1.807) is 13.8 Å². The first-order valence-electron chi connectivity index (χ1n) is 8.06. The van der Waals surface area contributed by atoms with Crippen LogP contribution in [0.25, 0.3) is 5.69 Å². The van der Waals surface area contributed by atoms with Crippen molar-refractivity contribution in [1.29, 1.82) is 0 Å². The van der Waals surface area contributed by atoms with Crippen molar-refractivity contribution in [3.63, 3.8) is 0 Å². The average molecular weight is 377 g/mol. The Morgan fingerprint density at radius 3 is 2.73 bits per heavy atom. The van der Waals surface area contributed by atoms with Crippen molar-refractivity contribution < 1.29 is 13.6 Å². The van der Waals surface area contributed by atoms with E-state index in [0.717, 1.165) is 30.0 Å². The van der Waals surface area contributed by atoms with E-state index >= 15 is 0 Å².